The standard InChI is InChI=1S/C9H11ClN4O2/c1-6(16)11-2-3-12-9-7(4-15)8(10)13-5-14-9/h4-5H,2-3H2,1H3,(H,11,16)(H,12,13,14). The Labute approximate surface area is 97.4 Å². The molecule has 0 aliphatic rings. The molecule has 0 spiro atoms. The molecule has 16 heavy (non-hydrogen) atoms. The van der Waals surface area contributed by atoms with Crippen molar-refractivity contribution in [3.8, 4) is 0 Å². The summed E-state index contributed by atoms with van der Waals surface area (Å²) in [6.45, 7) is 2.32. The number of aldehydes is 1. The molecular weight excluding hydrogens is 232 g/mol. The second-order valence-corrected chi connectivity index (χ2v) is 3.31. The van der Waals surface area contributed by atoms with Crippen molar-refractivity contribution >= 4 is 29.6 Å². The largest absolute Gasteiger partial charge is 0.368 e. The number of nitrogens with one attached hydrogen (secondary N) is 2. The number of hydrogen-bond acceptors (Lipinski definition) is 5. The Balaban J connectivity index is 2.56. The molecule has 2 N–H and O–H groups in total. The zero-order valence-corrected chi connectivity index (χ0v) is 9.41. The summed E-state index contributed by atoms with van der Waals surface area (Å²) in [6.07, 6.45) is 1.85. The second-order valence-electron chi connectivity index (χ2n) is 2.95. The molecule has 7 heteroatoms. The first-order chi connectivity index (χ1) is 7.65. The highest BCUT2D eigenvalue weighted by atomic mass is 35.5. The Hall–Kier alpha value is -1.69. The first kappa shape index (κ1) is 12.4. The summed E-state index contributed by atoms with van der Waals surface area (Å²) in [6, 6.07) is 0. The Morgan fingerprint density at radius 3 is 2.88 bits per heavy atom. The van der Waals surface area contributed by atoms with Crippen molar-refractivity contribution < 1.29 is 9.59 Å². The topological polar surface area (TPSA) is 84.0 Å². The molecular formula is C9H11ClN4O2. The van der Waals surface area contributed by atoms with Gasteiger partial charge in [-0.3, -0.25) is 9.59 Å². The summed E-state index contributed by atoms with van der Waals surface area (Å²) in [5, 5.41) is 5.58. The van der Waals surface area contributed by atoms with Gasteiger partial charge in [-0.25, -0.2) is 9.97 Å². The lowest BCUT2D eigenvalue weighted by molar-refractivity contribution is -0.118. The highest BCUT2D eigenvalue weighted by molar-refractivity contribution is 6.32. The molecule has 86 valence electrons. The molecule has 0 aliphatic heterocycles. The average molecular weight is 243 g/mol. The number of carbonyl (C=O) groups excluding carboxylic acids is 2. The molecule has 1 aromatic rings. The van der Waals surface area contributed by atoms with Gasteiger partial charge in [0.15, 0.2) is 6.29 Å². The number of halogens is 1. The summed E-state index contributed by atoms with van der Waals surface area (Å²) in [5.41, 5.74) is 0.215. The van der Waals surface area contributed by atoms with Gasteiger partial charge in [-0.2, -0.15) is 0 Å². The molecule has 0 saturated heterocycles. The van der Waals surface area contributed by atoms with Gasteiger partial charge in [0, 0.05) is 20.0 Å². The SMILES string of the molecule is CC(=O)NCCNc1ncnc(Cl)c1C=O. The summed E-state index contributed by atoms with van der Waals surface area (Å²) in [7, 11) is 0. The van der Waals surface area contributed by atoms with E-state index in [1.807, 2.05) is 0 Å². The van der Waals surface area contributed by atoms with Crippen molar-refractivity contribution in [1.29, 1.82) is 0 Å². The van der Waals surface area contributed by atoms with Gasteiger partial charge in [-0.15, -0.1) is 0 Å². The minimum absolute atomic E-state index is 0.104. The van der Waals surface area contributed by atoms with Crippen LogP contribution in [0, 0.1) is 0 Å². The first-order valence-electron chi connectivity index (χ1n) is 4.59. The second kappa shape index (κ2) is 6.02. The van der Waals surface area contributed by atoms with Gasteiger partial charge in [0.25, 0.3) is 0 Å². The van der Waals surface area contributed by atoms with Crippen LogP contribution < -0.4 is 10.6 Å². The molecule has 1 amide bonds. The van der Waals surface area contributed by atoms with Crippen molar-refractivity contribution in [2.75, 3.05) is 18.4 Å². The summed E-state index contributed by atoms with van der Waals surface area (Å²) >= 11 is 5.70. The van der Waals surface area contributed by atoms with Crippen LogP contribution in [0.3, 0.4) is 0 Å². The van der Waals surface area contributed by atoms with Crippen LogP contribution in [0.5, 0.6) is 0 Å². The molecule has 0 radical (unpaired) electrons. The number of hydrogen-bond donors (Lipinski definition) is 2. The zero-order chi connectivity index (χ0) is 12.0. The third-order valence-electron chi connectivity index (χ3n) is 1.74. The molecule has 0 aliphatic carbocycles. The van der Waals surface area contributed by atoms with Crippen LogP contribution in [-0.4, -0.2) is 35.3 Å². The van der Waals surface area contributed by atoms with E-state index in [2.05, 4.69) is 20.6 Å². The van der Waals surface area contributed by atoms with Crippen molar-refractivity contribution in [3.63, 3.8) is 0 Å². The minimum Gasteiger partial charge on any atom is -0.368 e. The quantitative estimate of drug-likeness (QED) is 0.446. The van der Waals surface area contributed by atoms with Crippen molar-refractivity contribution in [3.05, 3.63) is 17.0 Å². The number of carbonyl (C=O) groups is 2. The number of aromatic nitrogens is 2. The fourth-order valence-electron chi connectivity index (χ4n) is 1.04. The maximum Gasteiger partial charge on any atom is 0.216 e. The van der Waals surface area contributed by atoms with Crippen LogP contribution in [0.2, 0.25) is 5.15 Å². The van der Waals surface area contributed by atoms with E-state index in [1.165, 1.54) is 13.3 Å². The lowest BCUT2D eigenvalue weighted by Gasteiger charge is -2.07. The van der Waals surface area contributed by atoms with Gasteiger partial charge in [-0.1, -0.05) is 11.6 Å². The third-order valence-corrected chi connectivity index (χ3v) is 2.05. The number of anilines is 1. The maximum atomic E-state index is 10.7. The van der Waals surface area contributed by atoms with E-state index in [0.29, 0.717) is 25.2 Å². The van der Waals surface area contributed by atoms with Crippen molar-refractivity contribution in [2.45, 2.75) is 6.92 Å². The van der Waals surface area contributed by atoms with Gasteiger partial charge >= 0.3 is 0 Å². The minimum atomic E-state index is -0.113. The van der Waals surface area contributed by atoms with Crippen molar-refractivity contribution in [1.82, 2.24) is 15.3 Å². The van der Waals surface area contributed by atoms with E-state index >= 15 is 0 Å². The van der Waals surface area contributed by atoms with Crippen LogP contribution >= 0.6 is 11.6 Å². The van der Waals surface area contributed by atoms with E-state index in [9.17, 15) is 9.59 Å². The van der Waals surface area contributed by atoms with Gasteiger partial charge in [0.2, 0.25) is 5.91 Å². The third kappa shape index (κ3) is 3.47. The molecule has 6 nitrogen and oxygen atoms in total. The highest BCUT2D eigenvalue weighted by Crippen LogP contribution is 2.16. The molecule has 0 fully saturated rings. The smallest absolute Gasteiger partial charge is 0.216 e. The number of rotatable bonds is 5. The molecule has 0 atom stereocenters. The van der Waals surface area contributed by atoms with Crippen LogP contribution in [0.15, 0.2) is 6.33 Å². The molecule has 1 heterocycles. The summed E-state index contributed by atoms with van der Waals surface area (Å²) in [4.78, 5) is 28.9. The van der Waals surface area contributed by atoms with Gasteiger partial charge in [0.05, 0.1) is 5.56 Å². The van der Waals surface area contributed by atoms with Gasteiger partial charge in [0.1, 0.15) is 17.3 Å². The maximum absolute atomic E-state index is 10.7. The Morgan fingerprint density at radius 1 is 1.50 bits per heavy atom. The van der Waals surface area contributed by atoms with Crippen LogP contribution in [0.4, 0.5) is 5.82 Å². The van der Waals surface area contributed by atoms with E-state index in [0.717, 1.165) is 0 Å². The normalized spacial score (nSPS) is 9.62. The lowest BCUT2D eigenvalue weighted by Crippen LogP contribution is -2.26. The first-order valence-corrected chi connectivity index (χ1v) is 4.97. The molecule has 1 aromatic heterocycles. The average Bonchev–Trinajstić information content (AvgIpc) is 2.24. The van der Waals surface area contributed by atoms with E-state index < -0.39 is 0 Å². The summed E-state index contributed by atoms with van der Waals surface area (Å²) < 4.78 is 0. The van der Waals surface area contributed by atoms with E-state index in [1.54, 1.807) is 0 Å². The van der Waals surface area contributed by atoms with Gasteiger partial charge < -0.3 is 10.6 Å². The van der Waals surface area contributed by atoms with Crippen LogP contribution in [-0.2, 0) is 4.79 Å². The zero-order valence-electron chi connectivity index (χ0n) is 8.66. The van der Waals surface area contributed by atoms with Crippen LogP contribution in [0.1, 0.15) is 17.3 Å². The number of nitrogens with zero attached hydrogens (tertiary/aromatic N) is 2. The Morgan fingerprint density at radius 2 is 2.25 bits per heavy atom. The molecule has 0 bridgehead atoms. The molecule has 0 unspecified atom stereocenters. The lowest BCUT2D eigenvalue weighted by atomic mass is 10.3. The molecule has 0 saturated carbocycles. The van der Waals surface area contributed by atoms with Gasteiger partial charge in [-0.05, 0) is 0 Å². The Kier molecular flexibility index (Phi) is 4.65. The summed E-state index contributed by atoms with van der Waals surface area (Å²) in [5.74, 6) is 0.249. The highest BCUT2D eigenvalue weighted by Gasteiger charge is 2.07. The Bertz CT molecular complexity index is 397. The predicted molar refractivity (Wildman–Crippen MR) is 59.6 cm³/mol. The molecule has 0 aromatic carbocycles. The molecule has 1 rings (SSSR count). The van der Waals surface area contributed by atoms with E-state index in [4.69, 9.17) is 11.6 Å². The fraction of sp³-hybridized carbons (Fsp3) is 0.333. The number of amides is 1. The van der Waals surface area contributed by atoms with Crippen LogP contribution in [0.25, 0.3) is 0 Å². The predicted octanol–water partition coefficient (Wildman–Crippen LogP) is 0.490. The fourth-order valence-corrected chi connectivity index (χ4v) is 1.22. The van der Waals surface area contributed by atoms with Crippen molar-refractivity contribution in [2.24, 2.45) is 0 Å². The monoisotopic (exact) mass is 242 g/mol. The van der Waals surface area contributed by atoms with E-state index in [-0.39, 0.29) is 16.6 Å².